The molecular formula is C11H11BrFNO. The number of nitrogens with zero attached hydrogens (tertiary/aromatic N) is 1. The summed E-state index contributed by atoms with van der Waals surface area (Å²) in [6, 6.07) is 4.61. The highest BCUT2D eigenvalue weighted by Crippen LogP contribution is 2.28. The first-order valence-corrected chi connectivity index (χ1v) is 5.68. The van der Waals surface area contributed by atoms with E-state index in [0.29, 0.717) is 31.7 Å². The number of hydrogen-bond donors (Lipinski definition) is 0. The van der Waals surface area contributed by atoms with Gasteiger partial charge in [-0.05, 0) is 34.1 Å². The van der Waals surface area contributed by atoms with E-state index in [1.807, 2.05) is 4.90 Å². The van der Waals surface area contributed by atoms with E-state index in [2.05, 4.69) is 15.9 Å². The quantitative estimate of drug-likeness (QED) is 0.783. The average molecular weight is 272 g/mol. The van der Waals surface area contributed by atoms with Crippen LogP contribution in [0, 0.1) is 5.82 Å². The van der Waals surface area contributed by atoms with Crippen molar-refractivity contribution in [2.75, 3.05) is 18.0 Å². The van der Waals surface area contributed by atoms with E-state index in [9.17, 15) is 9.18 Å². The van der Waals surface area contributed by atoms with E-state index in [4.69, 9.17) is 0 Å². The zero-order valence-electron chi connectivity index (χ0n) is 8.17. The molecule has 1 fully saturated rings. The molecule has 15 heavy (non-hydrogen) atoms. The Morgan fingerprint density at radius 1 is 1.27 bits per heavy atom. The van der Waals surface area contributed by atoms with E-state index >= 15 is 0 Å². The molecule has 2 rings (SSSR count). The van der Waals surface area contributed by atoms with Gasteiger partial charge in [-0.25, -0.2) is 4.39 Å². The summed E-state index contributed by atoms with van der Waals surface area (Å²) >= 11 is 3.39. The Labute approximate surface area is 96.2 Å². The first-order valence-electron chi connectivity index (χ1n) is 4.88. The van der Waals surface area contributed by atoms with Crippen LogP contribution >= 0.6 is 15.9 Å². The van der Waals surface area contributed by atoms with E-state index < -0.39 is 0 Å². The number of rotatable bonds is 1. The highest BCUT2D eigenvalue weighted by Gasteiger charge is 2.18. The van der Waals surface area contributed by atoms with Gasteiger partial charge in [-0.2, -0.15) is 0 Å². The van der Waals surface area contributed by atoms with Crippen LogP contribution in [0.2, 0.25) is 0 Å². The summed E-state index contributed by atoms with van der Waals surface area (Å²) in [7, 11) is 0. The predicted octanol–water partition coefficient (Wildman–Crippen LogP) is 2.76. The summed E-state index contributed by atoms with van der Waals surface area (Å²) in [5, 5.41) is 0. The molecule has 2 nitrogen and oxygen atoms in total. The monoisotopic (exact) mass is 271 g/mol. The number of carbonyl (C=O) groups is 1. The van der Waals surface area contributed by atoms with E-state index in [0.717, 1.165) is 10.2 Å². The topological polar surface area (TPSA) is 20.3 Å². The van der Waals surface area contributed by atoms with Crippen molar-refractivity contribution >= 4 is 27.4 Å². The number of ketones is 1. The van der Waals surface area contributed by atoms with Crippen LogP contribution in [-0.2, 0) is 4.79 Å². The molecule has 0 bridgehead atoms. The van der Waals surface area contributed by atoms with Gasteiger partial charge in [0.05, 0.1) is 5.69 Å². The molecule has 1 aliphatic rings. The normalized spacial score (nSPS) is 16.9. The fourth-order valence-electron chi connectivity index (χ4n) is 1.73. The maximum Gasteiger partial charge on any atom is 0.136 e. The van der Waals surface area contributed by atoms with E-state index in [1.165, 1.54) is 12.1 Å². The highest BCUT2D eigenvalue weighted by atomic mass is 79.9. The van der Waals surface area contributed by atoms with Gasteiger partial charge in [-0.1, -0.05) is 0 Å². The molecule has 0 amide bonds. The van der Waals surface area contributed by atoms with Gasteiger partial charge >= 0.3 is 0 Å². The van der Waals surface area contributed by atoms with Crippen molar-refractivity contribution in [2.45, 2.75) is 12.8 Å². The second-order valence-corrected chi connectivity index (χ2v) is 4.48. The Balaban J connectivity index is 2.21. The lowest BCUT2D eigenvalue weighted by Gasteiger charge is -2.29. The third-order valence-corrected chi connectivity index (χ3v) is 3.24. The zero-order valence-corrected chi connectivity index (χ0v) is 9.76. The molecule has 0 spiro atoms. The first-order chi connectivity index (χ1) is 7.16. The van der Waals surface area contributed by atoms with Gasteiger partial charge in [-0.3, -0.25) is 4.79 Å². The maximum absolute atomic E-state index is 13.1. The number of carbonyl (C=O) groups excluding carboxylic acids is 1. The van der Waals surface area contributed by atoms with E-state index in [1.54, 1.807) is 6.07 Å². The number of Topliss-reactive ketones (excluding diaryl/α,β-unsaturated/α-hetero) is 1. The van der Waals surface area contributed by atoms with Crippen molar-refractivity contribution in [1.82, 2.24) is 0 Å². The van der Waals surface area contributed by atoms with Crippen LogP contribution in [0.15, 0.2) is 22.7 Å². The number of anilines is 1. The van der Waals surface area contributed by atoms with Crippen LogP contribution in [-0.4, -0.2) is 18.9 Å². The lowest BCUT2D eigenvalue weighted by Crippen LogP contribution is -2.33. The van der Waals surface area contributed by atoms with Crippen molar-refractivity contribution in [3.63, 3.8) is 0 Å². The summed E-state index contributed by atoms with van der Waals surface area (Å²) in [4.78, 5) is 13.1. The van der Waals surface area contributed by atoms with Crippen molar-refractivity contribution in [2.24, 2.45) is 0 Å². The summed E-state index contributed by atoms with van der Waals surface area (Å²) in [6.07, 6.45) is 1.12. The second kappa shape index (κ2) is 4.31. The smallest absolute Gasteiger partial charge is 0.136 e. The molecular weight excluding hydrogens is 261 g/mol. The van der Waals surface area contributed by atoms with Crippen molar-refractivity contribution in [3.05, 3.63) is 28.5 Å². The third-order valence-electron chi connectivity index (χ3n) is 2.57. The molecule has 0 aromatic heterocycles. The Morgan fingerprint density at radius 2 is 1.93 bits per heavy atom. The number of halogens is 2. The number of piperidine rings is 1. The number of hydrogen-bond acceptors (Lipinski definition) is 2. The SMILES string of the molecule is O=C1CCN(c2cc(F)ccc2Br)CC1. The molecule has 80 valence electrons. The Kier molecular flexibility index (Phi) is 3.05. The zero-order chi connectivity index (χ0) is 10.8. The molecule has 0 atom stereocenters. The lowest BCUT2D eigenvalue weighted by molar-refractivity contribution is -0.119. The van der Waals surface area contributed by atoms with Gasteiger partial charge in [0.2, 0.25) is 0 Å². The molecule has 1 aliphatic heterocycles. The van der Waals surface area contributed by atoms with Crippen LogP contribution in [0.1, 0.15) is 12.8 Å². The maximum atomic E-state index is 13.1. The van der Waals surface area contributed by atoms with Crippen LogP contribution < -0.4 is 4.90 Å². The molecule has 1 heterocycles. The average Bonchev–Trinajstić information content (AvgIpc) is 2.23. The molecule has 0 saturated carbocycles. The van der Waals surface area contributed by atoms with Gasteiger partial charge < -0.3 is 4.90 Å². The van der Waals surface area contributed by atoms with Crippen LogP contribution in [0.4, 0.5) is 10.1 Å². The molecule has 0 N–H and O–H groups in total. The van der Waals surface area contributed by atoms with Crippen molar-refractivity contribution in [3.8, 4) is 0 Å². The third kappa shape index (κ3) is 2.37. The Hall–Kier alpha value is -0.900. The first kappa shape index (κ1) is 10.6. The molecule has 1 aromatic carbocycles. The molecule has 1 saturated heterocycles. The van der Waals surface area contributed by atoms with Gasteiger partial charge in [0.15, 0.2) is 0 Å². The van der Waals surface area contributed by atoms with Gasteiger partial charge in [0.1, 0.15) is 11.6 Å². The van der Waals surface area contributed by atoms with Crippen molar-refractivity contribution < 1.29 is 9.18 Å². The lowest BCUT2D eigenvalue weighted by atomic mass is 10.1. The van der Waals surface area contributed by atoms with E-state index in [-0.39, 0.29) is 5.82 Å². The van der Waals surface area contributed by atoms with Crippen molar-refractivity contribution in [1.29, 1.82) is 0 Å². The fraction of sp³-hybridized carbons (Fsp3) is 0.364. The minimum absolute atomic E-state index is 0.245. The van der Waals surface area contributed by atoms with Gasteiger partial charge in [0.25, 0.3) is 0 Å². The molecule has 0 unspecified atom stereocenters. The highest BCUT2D eigenvalue weighted by molar-refractivity contribution is 9.10. The van der Waals surface area contributed by atoms with Crippen LogP contribution in [0.25, 0.3) is 0 Å². The predicted molar refractivity (Wildman–Crippen MR) is 60.6 cm³/mol. The molecule has 4 heteroatoms. The Morgan fingerprint density at radius 3 is 2.60 bits per heavy atom. The molecule has 0 aliphatic carbocycles. The molecule has 0 radical (unpaired) electrons. The Bertz CT molecular complexity index is 384. The minimum Gasteiger partial charge on any atom is -0.370 e. The summed E-state index contributed by atoms with van der Waals surface area (Å²) in [6.45, 7) is 1.36. The van der Waals surface area contributed by atoms with Crippen LogP contribution in [0.3, 0.4) is 0 Å². The number of benzene rings is 1. The minimum atomic E-state index is -0.245. The summed E-state index contributed by atoms with van der Waals surface area (Å²) in [5.74, 6) is 0.0453. The van der Waals surface area contributed by atoms with Crippen LogP contribution in [0.5, 0.6) is 0 Å². The summed E-state index contributed by atoms with van der Waals surface area (Å²) in [5.41, 5.74) is 0.836. The second-order valence-electron chi connectivity index (χ2n) is 3.62. The molecule has 1 aromatic rings. The standard InChI is InChI=1S/C11H11BrFNO/c12-10-2-1-8(13)7-11(10)14-5-3-9(15)4-6-14/h1-2,7H,3-6H2. The van der Waals surface area contributed by atoms with Gasteiger partial charge in [-0.15, -0.1) is 0 Å². The summed E-state index contributed by atoms with van der Waals surface area (Å²) < 4.78 is 13.9. The largest absolute Gasteiger partial charge is 0.370 e. The fourth-order valence-corrected chi connectivity index (χ4v) is 2.22. The van der Waals surface area contributed by atoms with Gasteiger partial charge in [0, 0.05) is 30.4 Å².